The third kappa shape index (κ3) is 5.89. The summed E-state index contributed by atoms with van der Waals surface area (Å²) in [4.78, 5) is 12.7. The second kappa shape index (κ2) is 7.52. The van der Waals surface area contributed by atoms with Crippen LogP contribution in [0.15, 0.2) is 18.2 Å². The Kier molecular flexibility index (Phi) is 6.61. The molecular formula is C12H11BrCl2F3NO. The lowest BCUT2D eigenvalue weighted by Crippen LogP contribution is -2.40. The smallest absolute Gasteiger partial charge is 0.332 e. The van der Waals surface area contributed by atoms with E-state index in [1.807, 2.05) is 0 Å². The monoisotopic (exact) mass is 391 g/mol. The molecule has 2 nitrogen and oxygen atoms in total. The van der Waals surface area contributed by atoms with Crippen molar-refractivity contribution < 1.29 is 18.0 Å². The number of carbonyl (C=O) groups is 1. The van der Waals surface area contributed by atoms with Crippen LogP contribution in [0.25, 0.3) is 0 Å². The molecule has 0 atom stereocenters. The van der Waals surface area contributed by atoms with E-state index in [2.05, 4.69) is 15.9 Å². The largest absolute Gasteiger partial charge is 0.406 e. The van der Waals surface area contributed by atoms with Crippen LogP contribution in [0.1, 0.15) is 5.56 Å². The average Bonchev–Trinajstić information content (AvgIpc) is 2.31. The summed E-state index contributed by atoms with van der Waals surface area (Å²) in [6, 6.07) is 4.54. The summed E-state index contributed by atoms with van der Waals surface area (Å²) < 4.78 is 37.2. The Balaban J connectivity index is 2.77. The first-order valence-electron chi connectivity index (χ1n) is 5.57. The van der Waals surface area contributed by atoms with Gasteiger partial charge in [0, 0.05) is 11.9 Å². The number of rotatable bonds is 5. The lowest BCUT2D eigenvalue weighted by atomic mass is 10.1. The van der Waals surface area contributed by atoms with Crippen molar-refractivity contribution in [1.82, 2.24) is 4.90 Å². The molecule has 0 aliphatic rings. The first-order chi connectivity index (χ1) is 9.23. The highest BCUT2D eigenvalue weighted by molar-refractivity contribution is 9.09. The summed E-state index contributed by atoms with van der Waals surface area (Å²) in [5.41, 5.74) is 0.520. The Morgan fingerprint density at radius 2 is 1.90 bits per heavy atom. The molecule has 112 valence electrons. The van der Waals surface area contributed by atoms with Crippen LogP contribution in [0.2, 0.25) is 10.0 Å². The van der Waals surface area contributed by atoms with Gasteiger partial charge in [-0.3, -0.25) is 4.79 Å². The van der Waals surface area contributed by atoms with Crippen LogP contribution < -0.4 is 0 Å². The molecule has 1 rings (SSSR count). The van der Waals surface area contributed by atoms with Gasteiger partial charge in [0.15, 0.2) is 0 Å². The van der Waals surface area contributed by atoms with Crippen molar-refractivity contribution in [2.24, 2.45) is 0 Å². The van der Waals surface area contributed by atoms with Crippen molar-refractivity contribution in [3.63, 3.8) is 0 Å². The van der Waals surface area contributed by atoms with Gasteiger partial charge in [-0.25, -0.2) is 0 Å². The molecule has 0 aliphatic heterocycles. The average molecular weight is 393 g/mol. The molecule has 0 saturated heterocycles. The summed E-state index contributed by atoms with van der Waals surface area (Å²) in [7, 11) is 0. The Morgan fingerprint density at radius 1 is 1.25 bits per heavy atom. The second-order valence-corrected chi connectivity index (χ2v) is 5.65. The van der Waals surface area contributed by atoms with Gasteiger partial charge < -0.3 is 4.90 Å². The van der Waals surface area contributed by atoms with E-state index in [9.17, 15) is 18.0 Å². The molecule has 0 aromatic heterocycles. The Bertz CT molecular complexity index is 482. The minimum absolute atomic E-state index is 0.0142. The van der Waals surface area contributed by atoms with E-state index < -0.39 is 18.6 Å². The van der Waals surface area contributed by atoms with Gasteiger partial charge in [0.05, 0.1) is 16.5 Å². The number of hydrogen-bond acceptors (Lipinski definition) is 1. The molecule has 0 spiro atoms. The molecule has 0 heterocycles. The molecule has 1 aromatic rings. The van der Waals surface area contributed by atoms with Crippen LogP contribution in [0.5, 0.6) is 0 Å². The predicted molar refractivity (Wildman–Crippen MR) is 76.6 cm³/mol. The fourth-order valence-corrected chi connectivity index (χ4v) is 2.30. The maximum atomic E-state index is 12.4. The summed E-state index contributed by atoms with van der Waals surface area (Å²) >= 11 is 14.6. The fraction of sp³-hybridized carbons (Fsp3) is 0.417. The zero-order valence-electron chi connectivity index (χ0n) is 10.2. The predicted octanol–water partition coefficient (Wildman–Crippen LogP) is 4.32. The number of hydrogen-bond donors (Lipinski definition) is 0. The first kappa shape index (κ1) is 17.6. The topological polar surface area (TPSA) is 20.3 Å². The molecule has 0 bridgehead atoms. The van der Waals surface area contributed by atoms with E-state index in [1.165, 1.54) is 12.1 Å². The summed E-state index contributed by atoms with van der Waals surface area (Å²) in [5, 5.41) is 0.867. The number of amides is 1. The minimum atomic E-state index is -4.42. The molecule has 8 heteroatoms. The summed E-state index contributed by atoms with van der Waals surface area (Å²) in [6.07, 6.45) is -4.57. The van der Waals surface area contributed by atoms with Crippen molar-refractivity contribution in [2.75, 3.05) is 18.4 Å². The highest BCUT2D eigenvalue weighted by atomic mass is 79.9. The van der Waals surface area contributed by atoms with Gasteiger partial charge in [0.25, 0.3) is 0 Å². The van der Waals surface area contributed by atoms with Gasteiger partial charge in [-0.1, -0.05) is 45.2 Å². The number of carbonyl (C=O) groups excluding carboxylic acids is 1. The van der Waals surface area contributed by atoms with E-state index in [-0.39, 0.29) is 23.3 Å². The van der Waals surface area contributed by atoms with Gasteiger partial charge in [-0.15, -0.1) is 0 Å². The summed E-state index contributed by atoms with van der Waals surface area (Å²) in [6.45, 7) is -1.28. The lowest BCUT2D eigenvalue weighted by molar-refractivity contribution is -0.160. The molecule has 0 N–H and O–H groups in total. The number of halogens is 6. The highest BCUT2D eigenvalue weighted by Gasteiger charge is 2.32. The molecule has 20 heavy (non-hydrogen) atoms. The van der Waals surface area contributed by atoms with Gasteiger partial charge in [0.1, 0.15) is 6.54 Å². The molecule has 1 amide bonds. The zero-order chi connectivity index (χ0) is 15.3. The Morgan fingerprint density at radius 3 is 2.40 bits per heavy atom. The number of alkyl halides is 4. The molecule has 0 fully saturated rings. The first-order valence-corrected chi connectivity index (χ1v) is 7.45. The van der Waals surface area contributed by atoms with Crippen LogP contribution >= 0.6 is 39.1 Å². The molecule has 0 radical (unpaired) electrons. The van der Waals surface area contributed by atoms with Gasteiger partial charge >= 0.3 is 6.18 Å². The Labute approximate surface area is 133 Å². The van der Waals surface area contributed by atoms with Crippen LogP contribution in [0, 0.1) is 0 Å². The molecule has 0 saturated carbocycles. The van der Waals surface area contributed by atoms with Crippen LogP contribution in [0.4, 0.5) is 13.2 Å². The molecular weight excluding hydrogens is 382 g/mol. The third-order valence-electron chi connectivity index (χ3n) is 2.42. The maximum absolute atomic E-state index is 12.4. The number of benzene rings is 1. The van der Waals surface area contributed by atoms with Crippen LogP contribution in [-0.2, 0) is 11.2 Å². The quantitative estimate of drug-likeness (QED) is 0.683. The molecule has 1 aromatic carbocycles. The third-order valence-corrected chi connectivity index (χ3v) is 3.51. The van der Waals surface area contributed by atoms with Crippen molar-refractivity contribution >= 4 is 45.0 Å². The van der Waals surface area contributed by atoms with Gasteiger partial charge in [0.2, 0.25) is 5.91 Å². The lowest BCUT2D eigenvalue weighted by Gasteiger charge is -2.23. The second-order valence-electron chi connectivity index (χ2n) is 4.04. The molecule has 0 aliphatic carbocycles. The highest BCUT2D eigenvalue weighted by Crippen LogP contribution is 2.23. The van der Waals surface area contributed by atoms with Crippen molar-refractivity contribution in [3.8, 4) is 0 Å². The maximum Gasteiger partial charge on any atom is 0.406 e. The van der Waals surface area contributed by atoms with E-state index in [0.717, 1.165) is 4.90 Å². The normalized spacial score (nSPS) is 11.5. The Hall–Kier alpha value is -0.460. The minimum Gasteiger partial charge on any atom is -0.332 e. The van der Waals surface area contributed by atoms with Crippen molar-refractivity contribution in [3.05, 3.63) is 33.8 Å². The van der Waals surface area contributed by atoms with Gasteiger partial charge in [-0.2, -0.15) is 13.2 Å². The summed E-state index contributed by atoms with van der Waals surface area (Å²) in [5.74, 6) is -0.611. The molecule has 0 unspecified atom stereocenters. The van der Waals surface area contributed by atoms with E-state index >= 15 is 0 Å². The zero-order valence-corrected chi connectivity index (χ0v) is 13.3. The SMILES string of the molecule is O=C(Cc1ccc(Cl)c(Cl)c1)N(CCBr)CC(F)(F)F. The van der Waals surface area contributed by atoms with Crippen molar-refractivity contribution in [1.29, 1.82) is 0 Å². The van der Waals surface area contributed by atoms with Gasteiger partial charge in [-0.05, 0) is 17.7 Å². The van der Waals surface area contributed by atoms with E-state index in [4.69, 9.17) is 23.2 Å². The van der Waals surface area contributed by atoms with Crippen LogP contribution in [0.3, 0.4) is 0 Å². The van der Waals surface area contributed by atoms with E-state index in [1.54, 1.807) is 6.07 Å². The van der Waals surface area contributed by atoms with E-state index in [0.29, 0.717) is 10.6 Å². The van der Waals surface area contributed by atoms with Crippen molar-refractivity contribution in [2.45, 2.75) is 12.6 Å². The standard InChI is InChI=1S/C12H11BrCl2F3NO/c13-3-4-19(7-12(16,17)18)11(20)6-8-1-2-9(14)10(15)5-8/h1-2,5H,3-4,6-7H2. The van der Waals surface area contributed by atoms with Crippen LogP contribution in [-0.4, -0.2) is 35.4 Å². The fourth-order valence-electron chi connectivity index (χ4n) is 1.55. The number of nitrogens with zero attached hydrogens (tertiary/aromatic N) is 1.